The van der Waals surface area contributed by atoms with Crippen molar-refractivity contribution in [1.82, 2.24) is 9.97 Å². The standard InChI is InChI=1S/C23H32N4O2/c1-15-11-22(24-2)27-23(25-15)26-19-9-10-20(28-3)21(13-19)29-14-16-7-8-18(12-16)17-5-4-6-17/h9-11,13,16-18H,4-8,12,14H2,1-3H3,(H2,24,25,26,27). The molecular weight excluding hydrogens is 364 g/mol. The van der Waals surface area contributed by atoms with E-state index in [1.165, 1.54) is 38.5 Å². The molecule has 0 saturated heterocycles. The van der Waals surface area contributed by atoms with Gasteiger partial charge in [-0.25, -0.2) is 4.98 Å². The van der Waals surface area contributed by atoms with Gasteiger partial charge in [0.15, 0.2) is 11.5 Å². The van der Waals surface area contributed by atoms with Crippen molar-refractivity contribution in [1.29, 1.82) is 0 Å². The molecule has 0 amide bonds. The van der Waals surface area contributed by atoms with Crippen LogP contribution >= 0.6 is 0 Å². The van der Waals surface area contributed by atoms with Gasteiger partial charge in [-0.05, 0) is 56.1 Å². The summed E-state index contributed by atoms with van der Waals surface area (Å²) >= 11 is 0. The highest BCUT2D eigenvalue weighted by Gasteiger charge is 2.34. The van der Waals surface area contributed by atoms with Crippen molar-refractivity contribution < 1.29 is 9.47 Å². The van der Waals surface area contributed by atoms with E-state index in [0.717, 1.165) is 47.1 Å². The number of methoxy groups -OCH3 is 1. The number of aryl methyl sites for hydroxylation is 1. The Morgan fingerprint density at radius 2 is 1.90 bits per heavy atom. The zero-order chi connectivity index (χ0) is 20.2. The molecule has 2 saturated carbocycles. The maximum atomic E-state index is 6.22. The summed E-state index contributed by atoms with van der Waals surface area (Å²) in [6.07, 6.45) is 8.28. The lowest BCUT2D eigenvalue weighted by Crippen LogP contribution is -2.20. The van der Waals surface area contributed by atoms with Crippen LogP contribution in [0.15, 0.2) is 24.3 Å². The van der Waals surface area contributed by atoms with E-state index in [4.69, 9.17) is 9.47 Å². The van der Waals surface area contributed by atoms with Gasteiger partial charge in [0, 0.05) is 30.6 Å². The Morgan fingerprint density at radius 1 is 1.03 bits per heavy atom. The van der Waals surface area contributed by atoms with E-state index in [1.807, 2.05) is 38.2 Å². The van der Waals surface area contributed by atoms with E-state index in [0.29, 0.717) is 11.9 Å². The summed E-state index contributed by atoms with van der Waals surface area (Å²) in [6, 6.07) is 7.77. The number of nitrogens with one attached hydrogen (secondary N) is 2. The van der Waals surface area contributed by atoms with Gasteiger partial charge in [0.2, 0.25) is 5.95 Å². The summed E-state index contributed by atoms with van der Waals surface area (Å²) in [5.41, 5.74) is 1.78. The lowest BCUT2D eigenvalue weighted by Gasteiger charge is -2.31. The number of nitrogens with zero attached hydrogens (tertiary/aromatic N) is 2. The fourth-order valence-corrected chi connectivity index (χ4v) is 4.56. The van der Waals surface area contributed by atoms with Crippen LogP contribution in [0.3, 0.4) is 0 Å². The first-order valence-corrected chi connectivity index (χ1v) is 10.8. The van der Waals surface area contributed by atoms with Crippen LogP contribution in [-0.2, 0) is 0 Å². The number of benzene rings is 1. The average Bonchev–Trinajstić information content (AvgIpc) is 3.13. The van der Waals surface area contributed by atoms with Crippen molar-refractivity contribution in [3.63, 3.8) is 0 Å². The Kier molecular flexibility index (Phi) is 6.07. The molecule has 6 heteroatoms. The molecule has 1 aromatic carbocycles. The molecule has 0 bridgehead atoms. The molecule has 2 atom stereocenters. The molecule has 6 nitrogen and oxygen atoms in total. The van der Waals surface area contributed by atoms with Gasteiger partial charge in [0.25, 0.3) is 0 Å². The molecule has 29 heavy (non-hydrogen) atoms. The van der Waals surface area contributed by atoms with Gasteiger partial charge in [0.05, 0.1) is 13.7 Å². The number of anilines is 3. The van der Waals surface area contributed by atoms with Crippen molar-refractivity contribution in [2.24, 2.45) is 17.8 Å². The summed E-state index contributed by atoms with van der Waals surface area (Å²) in [6.45, 7) is 2.71. The Morgan fingerprint density at radius 3 is 2.62 bits per heavy atom. The van der Waals surface area contributed by atoms with Crippen LogP contribution in [0.5, 0.6) is 11.5 Å². The molecule has 2 aliphatic rings. The molecule has 2 fully saturated rings. The number of hydrogen-bond acceptors (Lipinski definition) is 6. The van der Waals surface area contributed by atoms with E-state index < -0.39 is 0 Å². The van der Waals surface area contributed by atoms with Gasteiger partial charge >= 0.3 is 0 Å². The van der Waals surface area contributed by atoms with Crippen molar-refractivity contribution in [2.45, 2.75) is 45.4 Å². The molecule has 0 spiro atoms. The van der Waals surface area contributed by atoms with Gasteiger partial charge < -0.3 is 20.1 Å². The normalized spacial score (nSPS) is 21.5. The Hall–Kier alpha value is -2.50. The van der Waals surface area contributed by atoms with Crippen LogP contribution in [0.25, 0.3) is 0 Å². The summed E-state index contributed by atoms with van der Waals surface area (Å²) in [7, 11) is 3.53. The van der Waals surface area contributed by atoms with Crippen LogP contribution in [-0.4, -0.2) is 30.7 Å². The highest BCUT2D eigenvalue weighted by atomic mass is 16.5. The maximum absolute atomic E-state index is 6.22. The summed E-state index contributed by atoms with van der Waals surface area (Å²) in [5, 5.41) is 6.34. The quantitative estimate of drug-likeness (QED) is 0.641. The van der Waals surface area contributed by atoms with E-state index in [-0.39, 0.29) is 0 Å². The minimum Gasteiger partial charge on any atom is -0.493 e. The van der Waals surface area contributed by atoms with Crippen LogP contribution in [0, 0.1) is 24.7 Å². The van der Waals surface area contributed by atoms with E-state index in [1.54, 1.807) is 7.11 Å². The zero-order valence-corrected chi connectivity index (χ0v) is 17.7. The summed E-state index contributed by atoms with van der Waals surface area (Å²) in [5.74, 6) is 5.43. The highest BCUT2D eigenvalue weighted by molar-refractivity contribution is 5.60. The van der Waals surface area contributed by atoms with Gasteiger partial charge in [-0.3, -0.25) is 0 Å². The van der Waals surface area contributed by atoms with Crippen LogP contribution in [0.1, 0.15) is 44.2 Å². The third-order valence-corrected chi connectivity index (χ3v) is 6.40. The monoisotopic (exact) mass is 396 g/mol. The summed E-state index contributed by atoms with van der Waals surface area (Å²) < 4.78 is 11.7. The highest BCUT2D eigenvalue weighted by Crippen LogP contribution is 2.44. The van der Waals surface area contributed by atoms with Gasteiger partial charge in [-0.15, -0.1) is 0 Å². The molecule has 156 valence electrons. The molecule has 1 heterocycles. The molecule has 2 N–H and O–H groups in total. The average molecular weight is 397 g/mol. The molecule has 2 aliphatic carbocycles. The van der Waals surface area contributed by atoms with Gasteiger partial charge in [-0.2, -0.15) is 4.98 Å². The molecular formula is C23H32N4O2. The Bertz CT molecular complexity index is 838. The van der Waals surface area contributed by atoms with Gasteiger partial charge in [0.1, 0.15) is 5.82 Å². The van der Waals surface area contributed by atoms with Crippen LogP contribution in [0.2, 0.25) is 0 Å². The largest absolute Gasteiger partial charge is 0.493 e. The smallest absolute Gasteiger partial charge is 0.229 e. The lowest BCUT2D eigenvalue weighted by molar-refractivity contribution is 0.191. The first-order chi connectivity index (χ1) is 14.1. The first-order valence-electron chi connectivity index (χ1n) is 10.8. The topological polar surface area (TPSA) is 68.3 Å². The van der Waals surface area contributed by atoms with Crippen LogP contribution in [0.4, 0.5) is 17.5 Å². The van der Waals surface area contributed by atoms with Crippen molar-refractivity contribution >= 4 is 17.5 Å². The third kappa shape index (κ3) is 4.74. The molecule has 2 aromatic rings. The summed E-state index contributed by atoms with van der Waals surface area (Å²) in [4.78, 5) is 8.92. The third-order valence-electron chi connectivity index (χ3n) is 6.40. The predicted molar refractivity (Wildman–Crippen MR) is 116 cm³/mol. The van der Waals surface area contributed by atoms with Crippen molar-refractivity contribution in [2.75, 3.05) is 31.4 Å². The second kappa shape index (κ2) is 8.89. The van der Waals surface area contributed by atoms with E-state index in [2.05, 4.69) is 20.6 Å². The number of ether oxygens (including phenoxy) is 2. The SMILES string of the molecule is CNc1cc(C)nc(Nc2ccc(OC)c(OCC3CCC(C4CCC4)C3)c2)n1. The number of hydrogen-bond donors (Lipinski definition) is 2. The minimum absolute atomic E-state index is 0.560. The van der Waals surface area contributed by atoms with Crippen molar-refractivity contribution in [3.8, 4) is 11.5 Å². The Balaban J connectivity index is 1.41. The molecule has 1 aromatic heterocycles. The van der Waals surface area contributed by atoms with Crippen LogP contribution < -0.4 is 20.1 Å². The molecule has 2 unspecified atom stereocenters. The molecule has 0 radical (unpaired) electrons. The Labute approximate surface area is 173 Å². The second-order valence-electron chi connectivity index (χ2n) is 8.40. The zero-order valence-electron chi connectivity index (χ0n) is 17.7. The molecule has 4 rings (SSSR count). The first kappa shape index (κ1) is 19.8. The van der Waals surface area contributed by atoms with E-state index in [9.17, 15) is 0 Å². The second-order valence-corrected chi connectivity index (χ2v) is 8.40. The van der Waals surface area contributed by atoms with E-state index >= 15 is 0 Å². The molecule has 0 aliphatic heterocycles. The predicted octanol–water partition coefficient (Wildman–Crippen LogP) is 5.17. The fraction of sp³-hybridized carbons (Fsp3) is 0.565. The van der Waals surface area contributed by atoms with Gasteiger partial charge in [-0.1, -0.05) is 19.3 Å². The lowest BCUT2D eigenvalue weighted by atomic mass is 9.75. The fourth-order valence-electron chi connectivity index (χ4n) is 4.56. The van der Waals surface area contributed by atoms with Crippen molar-refractivity contribution in [3.05, 3.63) is 30.0 Å². The number of rotatable bonds is 8. The minimum atomic E-state index is 0.560. The maximum Gasteiger partial charge on any atom is 0.229 e. The number of aromatic nitrogens is 2.